The van der Waals surface area contributed by atoms with Crippen LogP contribution in [0.15, 0.2) is 52.1 Å². The molecule has 0 bridgehead atoms. The summed E-state index contributed by atoms with van der Waals surface area (Å²) in [4.78, 5) is 12.1. The van der Waals surface area contributed by atoms with Crippen molar-refractivity contribution in [2.24, 2.45) is 0 Å². The molecule has 1 aromatic heterocycles. The Hall–Kier alpha value is -3.20. The zero-order valence-corrected chi connectivity index (χ0v) is 17.1. The molecular weight excluding hydrogens is 394 g/mol. The van der Waals surface area contributed by atoms with Crippen molar-refractivity contribution in [1.29, 1.82) is 0 Å². The number of amides is 1. The van der Waals surface area contributed by atoms with Crippen LogP contribution in [-0.4, -0.2) is 43.2 Å². The number of thioether (sulfide) groups is 1. The fourth-order valence-electron chi connectivity index (χ4n) is 2.51. The zero-order valence-electron chi connectivity index (χ0n) is 16.3. The van der Waals surface area contributed by atoms with Gasteiger partial charge < -0.3 is 23.9 Å². The van der Waals surface area contributed by atoms with Crippen LogP contribution in [0.4, 0.5) is 0 Å². The maximum Gasteiger partial charge on any atom is 0.277 e. The second kappa shape index (κ2) is 9.83. The summed E-state index contributed by atoms with van der Waals surface area (Å²) >= 11 is 1.17. The summed E-state index contributed by atoms with van der Waals surface area (Å²) in [7, 11) is 4.74. The Morgan fingerprint density at radius 2 is 1.83 bits per heavy atom. The quantitative estimate of drug-likeness (QED) is 0.533. The third kappa shape index (κ3) is 5.41. The smallest absolute Gasteiger partial charge is 0.277 e. The van der Waals surface area contributed by atoms with Crippen LogP contribution in [0.3, 0.4) is 0 Å². The molecule has 0 radical (unpaired) electrons. The lowest BCUT2D eigenvalue weighted by Crippen LogP contribution is -2.24. The first kappa shape index (κ1) is 20.5. The monoisotopic (exact) mass is 415 g/mol. The number of carbonyl (C=O) groups is 1. The van der Waals surface area contributed by atoms with E-state index in [1.54, 1.807) is 39.5 Å². The highest BCUT2D eigenvalue weighted by Crippen LogP contribution is 2.33. The first-order valence-corrected chi connectivity index (χ1v) is 9.70. The number of rotatable bonds is 9. The second-order valence-corrected chi connectivity index (χ2v) is 6.78. The normalized spacial score (nSPS) is 10.4. The van der Waals surface area contributed by atoms with Crippen LogP contribution in [0, 0.1) is 0 Å². The van der Waals surface area contributed by atoms with Crippen molar-refractivity contribution in [3.05, 3.63) is 48.0 Å². The van der Waals surface area contributed by atoms with Crippen molar-refractivity contribution in [1.82, 2.24) is 15.5 Å². The van der Waals surface area contributed by atoms with Gasteiger partial charge in [0.15, 0.2) is 0 Å². The fraction of sp³-hybridized carbons (Fsp3) is 0.250. The second-order valence-electron chi connectivity index (χ2n) is 5.86. The van der Waals surface area contributed by atoms with Crippen LogP contribution < -0.4 is 19.5 Å². The van der Waals surface area contributed by atoms with Gasteiger partial charge in [-0.1, -0.05) is 23.9 Å². The number of benzene rings is 2. The Balaban J connectivity index is 1.55. The Kier molecular flexibility index (Phi) is 6.96. The summed E-state index contributed by atoms with van der Waals surface area (Å²) in [5.74, 6) is 2.29. The first-order chi connectivity index (χ1) is 14.1. The molecule has 1 N–H and O–H groups in total. The lowest BCUT2D eigenvalue weighted by atomic mass is 10.2. The van der Waals surface area contributed by atoms with E-state index in [1.807, 2.05) is 24.3 Å². The van der Waals surface area contributed by atoms with Crippen LogP contribution in [-0.2, 0) is 11.3 Å². The number of hydrogen-bond donors (Lipinski definition) is 1. The number of methoxy groups -OCH3 is 3. The maximum absolute atomic E-state index is 12.1. The van der Waals surface area contributed by atoms with Crippen LogP contribution >= 0.6 is 11.8 Å². The molecule has 0 aliphatic heterocycles. The Bertz CT molecular complexity index is 976. The van der Waals surface area contributed by atoms with Gasteiger partial charge in [0.05, 0.1) is 32.6 Å². The van der Waals surface area contributed by atoms with Crippen molar-refractivity contribution in [2.75, 3.05) is 27.1 Å². The first-order valence-electron chi connectivity index (χ1n) is 8.71. The number of hydrogen-bond acceptors (Lipinski definition) is 8. The number of ether oxygens (including phenoxy) is 3. The molecule has 0 spiro atoms. The molecule has 0 fully saturated rings. The van der Waals surface area contributed by atoms with Gasteiger partial charge in [-0.05, 0) is 29.8 Å². The van der Waals surface area contributed by atoms with Gasteiger partial charge in [0.2, 0.25) is 5.91 Å². The van der Waals surface area contributed by atoms with Gasteiger partial charge in [0, 0.05) is 12.6 Å². The average molecular weight is 415 g/mol. The van der Waals surface area contributed by atoms with Gasteiger partial charge in [-0.2, -0.15) is 0 Å². The minimum absolute atomic E-state index is 0.139. The van der Waals surface area contributed by atoms with Gasteiger partial charge >= 0.3 is 0 Å². The molecule has 0 saturated heterocycles. The van der Waals surface area contributed by atoms with Crippen LogP contribution in [0.5, 0.6) is 17.2 Å². The predicted molar refractivity (Wildman–Crippen MR) is 108 cm³/mol. The van der Waals surface area contributed by atoms with Crippen LogP contribution in [0.25, 0.3) is 11.5 Å². The molecule has 8 nitrogen and oxygen atoms in total. The van der Waals surface area contributed by atoms with E-state index in [2.05, 4.69) is 15.5 Å². The fourth-order valence-corrected chi connectivity index (χ4v) is 3.11. The predicted octanol–water partition coefficient (Wildman–Crippen LogP) is 3.17. The summed E-state index contributed by atoms with van der Waals surface area (Å²) in [6.07, 6.45) is 0. The van der Waals surface area contributed by atoms with Crippen LogP contribution in [0.1, 0.15) is 5.56 Å². The highest BCUT2D eigenvalue weighted by molar-refractivity contribution is 7.99. The van der Waals surface area contributed by atoms with Crippen molar-refractivity contribution in [3.63, 3.8) is 0 Å². The number of nitrogens with zero attached hydrogens (tertiary/aromatic N) is 2. The van der Waals surface area contributed by atoms with Crippen molar-refractivity contribution < 1.29 is 23.4 Å². The molecular formula is C20H21N3O5S. The SMILES string of the molecule is COc1cccc(CNC(=O)CSc2nnc(-c3ccc(OC)cc3OC)o2)c1. The summed E-state index contributed by atoms with van der Waals surface area (Å²) in [6, 6.07) is 12.8. The summed E-state index contributed by atoms with van der Waals surface area (Å²) < 4.78 is 21.4. The lowest BCUT2D eigenvalue weighted by molar-refractivity contribution is -0.118. The molecule has 0 saturated carbocycles. The van der Waals surface area contributed by atoms with E-state index in [-0.39, 0.29) is 11.7 Å². The summed E-state index contributed by atoms with van der Waals surface area (Å²) in [5, 5.41) is 11.2. The molecule has 29 heavy (non-hydrogen) atoms. The highest BCUT2D eigenvalue weighted by Gasteiger charge is 2.15. The largest absolute Gasteiger partial charge is 0.497 e. The molecule has 152 valence electrons. The molecule has 1 heterocycles. The van der Waals surface area contributed by atoms with Gasteiger partial charge in [0.25, 0.3) is 11.1 Å². The maximum atomic E-state index is 12.1. The van der Waals surface area contributed by atoms with E-state index >= 15 is 0 Å². The molecule has 9 heteroatoms. The van der Waals surface area contributed by atoms with Crippen molar-refractivity contribution >= 4 is 17.7 Å². The minimum atomic E-state index is -0.139. The number of nitrogens with one attached hydrogen (secondary N) is 1. The molecule has 0 atom stereocenters. The molecule has 3 rings (SSSR count). The summed E-state index contributed by atoms with van der Waals surface area (Å²) in [5.41, 5.74) is 1.60. The highest BCUT2D eigenvalue weighted by atomic mass is 32.2. The van der Waals surface area contributed by atoms with Gasteiger partial charge in [0.1, 0.15) is 17.2 Å². The van der Waals surface area contributed by atoms with Gasteiger partial charge in [-0.25, -0.2) is 0 Å². The van der Waals surface area contributed by atoms with Gasteiger partial charge in [-0.15, -0.1) is 10.2 Å². The Morgan fingerprint density at radius 1 is 1.03 bits per heavy atom. The van der Waals surface area contributed by atoms with Crippen molar-refractivity contribution in [2.45, 2.75) is 11.8 Å². The number of aromatic nitrogens is 2. The van der Waals surface area contributed by atoms with E-state index < -0.39 is 0 Å². The molecule has 3 aromatic rings. The third-order valence-electron chi connectivity index (χ3n) is 4.00. The third-order valence-corrected chi connectivity index (χ3v) is 4.81. The van der Waals surface area contributed by atoms with E-state index in [0.29, 0.717) is 34.7 Å². The molecule has 2 aromatic carbocycles. The van der Waals surface area contributed by atoms with E-state index in [4.69, 9.17) is 18.6 Å². The van der Waals surface area contributed by atoms with E-state index in [1.165, 1.54) is 11.8 Å². The molecule has 0 aliphatic carbocycles. The zero-order chi connectivity index (χ0) is 20.6. The minimum Gasteiger partial charge on any atom is -0.497 e. The van der Waals surface area contributed by atoms with E-state index in [0.717, 1.165) is 11.3 Å². The molecule has 0 aliphatic rings. The summed E-state index contributed by atoms with van der Waals surface area (Å²) in [6.45, 7) is 0.411. The Labute approximate surface area is 172 Å². The number of carbonyl (C=O) groups excluding carboxylic acids is 1. The lowest BCUT2D eigenvalue weighted by Gasteiger charge is -2.07. The topological polar surface area (TPSA) is 95.7 Å². The standard InChI is InChI=1S/C20H21N3O5S/c1-25-14-6-4-5-13(9-14)11-21-18(24)12-29-20-23-22-19(28-20)16-8-7-15(26-2)10-17(16)27-3/h4-10H,11-12H2,1-3H3,(H,21,24). The Morgan fingerprint density at radius 3 is 2.59 bits per heavy atom. The van der Waals surface area contributed by atoms with Crippen LogP contribution in [0.2, 0.25) is 0 Å². The molecule has 1 amide bonds. The average Bonchev–Trinajstić information content (AvgIpc) is 3.24. The molecule has 0 unspecified atom stereocenters. The van der Waals surface area contributed by atoms with Gasteiger partial charge in [-0.3, -0.25) is 4.79 Å². The van der Waals surface area contributed by atoms with E-state index in [9.17, 15) is 4.79 Å². The van der Waals surface area contributed by atoms with Crippen molar-refractivity contribution in [3.8, 4) is 28.7 Å².